The van der Waals surface area contributed by atoms with E-state index in [1.54, 1.807) is 25.1 Å². The Kier molecular flexibility index (Phi) is 8.00. The van der Waals surface area contributed by atoms with Crippen molar-refractivity contribution >= 4 is 35.0 Å². The summed E-state index contributed by atoms with van der Waals surface area (Å²) in [5.41, 5.74) is 2.65. The van der Waals surface area contributed by atoms with Gasteiger partial charge in [-0.25, -0.2) is 0 Å². The molecule has 1 atom stereocenters. The summed E-state index contributed by atoms with van der Waals surface area (Å²) in [5, 5.41) is 25.6. The molecule has 0 fully saturated rings. The van der Waals surface area contributed by atoms with Crippen molar-refractivity contribution < 1.29 is 14.5 Å². The molecule has 0 unspecified atom stereocenters. The summed E-state index contributed by atoms with van der Waals surface area (Å²) in [6.45, 7) is 8.03. The van der Waals surface area contributed by atoms with Crippen molar-refractivity contribution in [2.75, 3.05) is 11.1 Å². The number of hydrogen-bond acceptors (Lipinski definition) is 7. The van der Waals surface area contributed by atoms with E-state index in [4.69, 9.17) is 0 Å². The van der Waals surface area contributed by atoms with E-state index < -0.39 is 11.0 Å². The number of hydrogen-bond donors (Lipinski definition) is 2. The van der Waals surface area contributed by atoms with Crippen LogP contribution in [0.1, 0.15) is 47.2 Å². The number of amides is 2. The molecule has 178 valence electrons. The van der Waals surface area contributed by atoms with Gasteiger partial charge in [0.1, 0.15) is 0 Å². The van der Waals surface area contributed by atoms with Crippen LogP contribution in [0.4, 0.5) is 11.4 Å². The summed E-state index contributed by atoms with van der Waals surface area (Å²) in [6.07, 6.45) is 0. The molecule has 0 aliphatic rings. The van der Waals surface area contributed by atoms with E-state index in [9.17, 15) is 19.7 Å². The largest absolute Gasteiger partial charge is 0.342 e. The molecule has 10 nitrogen and oxygen atoms in total. The zero-order valence-electron chi connectivity index (χ0n) is 19.4. The van der Waals surface area contributed by atoms with Crippen molar-refractivity contribution in [3.8, 4) is 0 Å². The molecule has 11 heteroatoms. The van der Waals surface area contributed by atoms with Crippen molar-refractivity contribution in [2.45, 2.75) is 45.4 Å². The first kappa shape index (κ1) is 24.9. The van der Waals surface area contributed by atoms with Crippen LogP contribution in [-0.2, 0) is 11.3 Å². The molecule has 0 aliphatic carbocycles. The maximum atomic E-state index is 12.6. The molecule has 3 aromatic rings. The minimum Gasteiger partial charge on any atom is -0.342 e. The molecule has 0 radical (unpaired) electrons. The monoisotopic (exact) mass is 482 g/mol. The SMILES string of the molecule is CCn1c(SCC(=O)Nc2cc([N+](=O)[O-])ccc2C)nnc1[C@@H](C)NC(=O)c1ccc(C)cc1. The average Bonchev–Trinajstić information content (AvgIpc) is 3.22. The number of carbonyl (C=O) groups excluding carboxylic acids is 2. The molecule has 3 rings (SSSR count). The van der Waals surface area contributed by atoms with Gasteiger partial charge in [0, 0.05) is 24.2 Å². The minimum absolute atomic E-state index is 0.0460. The number of nitrogens with one attached hydrogen (secondary N) is 2. The quantitative estimate of drug-likeness (QED) is 0.267. The molecule has 0 saturated carbocycles. The first-order chi connectivity index (χ1) is 16.2. The van der Waals surface area contributed by atoms with Gasteiger partial charge in [-0.2, -0.15) is 0 Å². The van der Waals surface area contributed by atoms with Gasteiger partial charge in [0.05, 0.1) is 22.4 Å². The number of aromatic nitrogens is 3. The Balaban J connectivity index is 1.64. The number of aryl methyl sites for hydroxylation is 2. The van der Waals surface area contributed by atoms with Gasteiger partial charge in [0.25, 0.3) is 11.6 Å². The fraction of sp³-hybridized carbons (Fsp3) is 0.304. The van der Waals surface area contributed by atoms with E-state index >= 15 is 0 Å². The molecule has 34 heavy (non-hydrogen) atoms. The van der Waals surface area contributed by atoms with Crippen molar-refractivity contribution in [1.82, 2.24) is 20.1 Å². The summed E-state index contributed by atoms with van der Waals surface area (Å²) >= 11 is 1.20. The number of nitrogens with zero attached hydrogens (tertiary/aromatic N) is 4. The number of carbonyl (C=O) groups is 2. The highest BCUT2D eigenvalue weighted by Gasteiger charge is 2.20. The van der Waals surface area contributed by atoms with Gasteiger partial charge in [-0.1, -0.05) is 35.5 Å². The van der Waals surface area contributed by atoms with Crippen LogP contribution in [-0.4, -0.2) is 37.3 Å². The van der Waals surface area contributed by atoms with E-state index in [-0.39, 0.29) is 23.3 Å². The number of nitro benzene ring substituents is 1. The van der Waals surface area contributed by atoms with E-state index in [2.05, 4.69) is 20.8 Å². The van der Waals surface area contributed by atoms with Gasteiger partial charge >= 0.3 is 0 Å². The Labute approximate surface area is 201 Å². The number of thioether (sulfide) groups is 1. The van der Waals surface area contributed by atoms with Crippen molar-refractivity contribution in [1.29, 1.82) is 0 Å². The second-order valence-corrected chi connectivity index (χ2v) is 8.68. The molecule has 2 aromatic carbocycles. The molecule has 1 aromatic heterocycles. The molecular formula is C23H26N6O4S. The maximum absolute atomic E-state index is 12.6. The standard InChI is InChI=1S/C23H26N6O4S/c1-5-28-21(16(4)24-22(31)17-9-6-14(2)7-10-17)26-27-23(28)34-13-20(30)25-19-12-18(29(32)33)11-8-15(19)3/h6-12,16H,5,13H2,1-4H3,(H,24,31)(H,25,30)/t16-/m1/s1. The Hall–Kier alpha value is -3.73. The van der Waals surface area contributed by atoms with Crippen LogP contribution < -0.4 is 10.6 Å². The lowest BCUT2D eigenvalue weighted by Crippen LogP contribution is -2.28. The fourth-order valence-electron chi connectivity index (χ4n) is 3.25. The second-order valence-electron chi connectivity index (χ2n) is 7.74. The number of anilines is 1. The van der Waals surface area contributed by atoms with Gasteiger partial charge in [-0.3, -0.25) is 19.7 Å². The normalized spacial score (nSPS) is 11.6. The summed E-state index contributed by atoms with van der Waals surface area (Å²) in [7, 11) is 0. The Morgan fingerprint density at radius 1 is 1.15 bits per heavy atom. The summed E-state index contributed by atoms with van der Waals surface area (Å²) in [6, 6.07) is 11.2. The second kappa shape index (κ2) is 10.9. The highest BCUT2D eigenvalue weighted by Crippen LogP contribution is 2.24. The molecule has 2 N–H and O–H groups in total. The lowest BCUT2D eigenvalue weighted by atomic mass is 10.1. The predicted molar refractivity (Wildman–Crippen MR) is 130 cm³/mol. The average molecular weight is 483 g/mol. The van der Waals surface area contributed by atoms with Crippen LogP contribution in [0.3, 0.4) is 0 Å². The fourth-order valence-corrected chi connectivity index (χ4v) is 4.06. The van der Waals surface area contributed by atoms with Crippen molar-refractivity contribution in [3.63, 3.8) is 0 Å². The third kappa shape index (κ3) is 5.98. The number of nitro groups is 1. The highest BCUT2D eigenvalue weighted by molar-refractivity contribution is 7.99. The van der Waals surface area contributed by atoms with Gasteiger partial charge in [0.15, 0.2) is 11.0 Å². The predicted octanol–water partition coefficient (Wildman–Crippen LogP) is 4.04. The lowest BCUT2D eigenvalue weighted by Gasteiger charge is -2.15. The van der Waals surface area contributed by atoms with Gasteiger partial charge in [-0.15, -0.1) is 10.2 Å². The third-order valence-corrected chi connectivity index (χ3v) is 6.12. The van der Waals surface area contributed by atoms with E-state index in [0.717, 1.165) is 11.1 Å². The number of rotatable bonds is 9. The first-order valence-electron chi connectivity index (χ1n) is 10.7. The zero-order chi connectivity index (χ0) is 24.8. The van der Waals surface area contributed by atoms with Crippen LogP contribution in [0.5, 0.6) is 0 Å². The molecule has 0 aliphatic heterocycles. The van der Waals surface area contributed by atoms with Gasteiger partial charge < -0.3 is 15.2 Å². The molecule has 1 heterocycles. The van der Waals surface area contributed by atoms with E-state index in [1.165, 1.54) is 23.9 Å². The number of benzene rings is 2. The molecule has 0 bridgehead atoms. The maximum Gasteiger partial charge on any atom is 0.271 e. The van der Waals surface area contributed by atoms with Crippen LogP contribution in [0.15, 0.2) is 47.6 Å². The number of non-ortho nitro benzene ring substituents is 1. The first-order valence-corrected chi connectivity index (χ1v) is 11.7. The van der Waals surface area contributed by atoms with Crippen molar-refractivity contribution in [2.24, 2.45) is 0 Å². The Morgan fingerprint density at radius 3 is 2.50 bits per heavy atom. The van der Waals surface area contributed by atoms with Crippen LogP contribution in [0.2, 0.25) is 0 Å². The van der Waals surface area contributed by atoms with E-state index in [1.807, 2.05) is 37.5 Å². The van der Waals surface area contributed by atoms with Crippen molar-refractivity contribution in [3.05, 3.63) is 75.1 Å². The molecular weight excluding hydrogens is 456 g/mol. The zero-order valence-corrected chi connectivity index (χ0v) is 20.2. The smallest absolute Gasteiger partial charge is 0.271 e. The molecule has 0 saturated heterocycles. The summed E-state index contributed by atoms with van der Waals surface area (Å²) in [5.74, 6) is 0.102. The summed E-state index contributed by atoms with van der Waals surface area (Å²) in [4.78, 5) is 35.5. The molecule has 2 amide bonds. The highest BCUT2D eigenvalue weighted by atomic mass is 32.2. The van der Waals surface area contributed by atoms with Gasteiger partial charge in [-0.05, 0) is 45.4 Å². The molecule has 0 spiro atoms. The van der Waals surface area contributed by atoms with Gasteiger partial charge in [0.2, 0.25) is 5.91 Å². The Morgan fingerprint density at radius 2 is 1.85 bits per heavy atom. The van der Waals surface area contributed by atoms with E-state index in [0.29, 0.717) is 28.8 Å². The minimum atomic E-state index is -0.506. The van der Waals surface area contributed by atoms with Crippen LogP contribution in [0.25, 0.3) is 0 Å². The Bertz CT molecular complexity index is 1210. The topological polar surface area (TPSA) is 132 Å². The van der Waals surface area contributed by atoms with Crippen LogP contribution >= 0.6 is 11.8 Å². The third-order valence-electron chi connectivity index (χ3n) is 5.15. The lowest BCUT2D eigenvalue weighted by molar-refractivity contribution is -0.384. The summed E-state index contributed by atoms with van der Waals surface area (Å²) < 4.78 is 1.84. The van der Waals surface area contributed by atoms with Crippen LogP contribution in [0, 0.1) is 24.0 Å².